The van der Waals surface area contributed by atoms with Gasteiger partial charge in [-0.3, -0.25) is 9.20 Å². The molecule has 0 aliphatic heterocycles. The number of ether oxygens (including phenoxy) is 1. The van der Waals surface area contributed by atoms with Gasteiger partial charge in [0.25, 0.3) is 5.91 Å². The molecule has 2 heterocycles. The van der Waals surface area contributed by atoms with E-state index in [-0.39, 0.29) is 11.8 Å². The van der Waals surface area contributed by atoms with Gasteiger partial charge in [-0.05, 0) is 56.5 Å². The van der Waals surface area contributed by atoms with Crippen LogP contribution in [0.25, 0.3) is 5.65 Å². The van der Waals surface area contributed by atoms with Crippen LogP contribution in [-0.4, -0.2) is 37.0 Å². The van der Waals surface area contributed by atoms with Crippen molar-refractivity contribution in [1.82, 2.24) is 19.9 Å². The summed E-state index contributed by atoms with van der Waals surface area (Å²) in [6.07, 6.45) is 4.17. The van der Waals surface area contributed by atoms with E-state index in [0.29, 0.717) is 12.3 Å². The van der Waals surface area contributed by atoms with Crippen LogP contribution in [0.1, 0.15) is 44.0 Å². The van der Waals surface area contributed by atoms with Gasteiger partial charge in [0.1, 0.15) is 15.9 Å². The van der Waals surface area contributed by atoms with Crippen LogP contribution in [0.4, 0.5) is 0 Å². The van der Waals surface area contributed by atoms with Crippen molar-refractivity contribution >= 4 is 34.8 Å². The number of carbonyl (C=O) groups excluding carboxylic acids is 1. The van der Waals surface area contributed by atoms with Gasteiger partial charge >= 0.3 is 0 Å². The molecule has 1 aliphatic rings. The standard InChI is InChI=1S/C22H24Cl2N4O2/c1-21(2,30-16-10-8-15(9-11-16)17-14-22(17,23)24)20(29)25-12-5-7-19-27-26-18-6-3-4-13-28(18)19/h3-4,6,8-11,13,17H,5,7,12,14H2,1-2H3,(H,25,29). The molecule has 6 nitrogen and oxygen atoms in total. The smallest absolute Gasteiger partial charge is 0.263 e. The number of aromatic nitrogens is 3. The topological polar surface area (TPSA) is 68.5 Å². The highest BCUT2D eigenvalue weighted by Gasteiger charge is 2.52. The van der Waals surface area contributed by atoms with Gasteiger partial charge in [0.05, 0.1) is 0 Å². The highest BCUT2D eigenvalue weighted by molar-refractivity contribution is 6.51. The van der Waals surface area contributed by atoms with Crippen molar-refractivity contribution in [2.45, 2.75) is 49.0 Å². The van der Waals surface area contributed by atoms with Crippen LogP contribution in [0.3, 0.4) is 0 Å². The summed E-state index contributed by atoms with van der Waals surface area (Å²) in [7, 11) is 0. The lowest BCUT2D eigenvalue weighted by Gasteiger charge is -2.25. The number of fused-ring (bicyclic) bond motifs is 1. The van der Waals surface area contributed by atoms with Crippen molar-refractivity contribution in [3.05, 3.63) is 60.0 Å². The molecule has 4 rings (SSSR count). The lowest BCUT2D eigenvalue weighted by Crippen LogP contribution is -2.46. The number of nitrogens with one attached hydrogen (secondary N) is 1. The van der Waals surface area contributed by atoms with Crippen molar-refractivity contribution in [1.29, 1.82) is 0 Å². The molecule has 1 amide bonds. The maximum Gasteiger partial charge on any atom is 0.263 e. The second-order valence-electron chi connectivity index (χ2n) is 8.10. The van der Waals surface area contributed by atoms with E-state index in [1.54, 1.807) is 13.8 Å². The predicted octanol–water partition coefficient (Wildman–Crippen LogP) is 4.30. The number of alkyl halides is 2. The second kappa shape index (κ2) is 8.08. The van der Waals surface area contributed by atoms with Crippen molar-refractivity contribution < 1.29 is 9.53 Å². The zero-order valence-electron chi connectivity index (χ0n) is 16.9. The highest BCUT2D eigenvalue weighted by Crippen LogP contribution is 2.59. The third-order valence-corrected chi connectivity index (χ3v) is 6.11. The first-order valence-corrected chi connectivity index (χ1v) is 10.8. The Labute approximate surface area is 185 Å². The van der Waals surface area contributed by atoms with E-state index in [1.807, 2.05) is 53.1 Å². The molecule has 0 saturated heterocycles. The number of pyridine rings is 1. The van der Waals surface area contributed by atoms with Crippen molar-refractivity contribution in [2.24, 2.45) is 0 Å². The summed E-state index contributed by atoms with van der Waals surface area (Å²) in [5, 5.41) is 11.3. The average Bonchev–Trinajstić information content (AvgIpc) is 3.17. The fraction of sp³-hybridized carbons (Fsp3) is 0.409. The van der Waals surface area contributed by atoms with E-state index < -0.39 is 9.93 Å². The molecular weight excluding hydrogens is 423 g/mol. The monoisotopic (exact) mass is 446 g/mol. The minimum Gasteiger partial charge on any atom is -0.478 e. The molecule has 1 N–H and O–H groups in total. The van der Waals surface area contributed by atoms with E-state index in [0.717, 1.165) is 36.3 Å². The number of nitrogens with zero attached hydrogens (tertiary/aromatic N) is 3. The van der Waals surface area contributed by atoms with E-state index in [1.165, 1.54) is 0 Å². The second-order valence-corrected chi connectivity index (χ2v) is 9.65. The first-order valence-electron chi connectivity index (χ1n) is 10.00. The number of halogens is 2. The van der Waals surface area contributed by atoms with Crippen LogP contribution in [0.15, 0.2) is 48.7 Å². The molecule has 8 heteroatoms. The van der Waals surface area contributed by atoms with Crippen LogP contribution in [0.5, 0.6) is 5.75 Å². The molecule has 1 atom stereocenters. The van der Waals surface area contributed by atoms with E-state index >= 15 is 0 Å². The third kappa shape index (κ3) is 4.55. The van der Waals surface area contributed by atoms with Gasteiger partial charge in [0.15, 0.2) is 11.2 Å². The Morgan fingerprint density at radius 2 is 1.97 bits per heavy atom. The van der Waals surface area contributed by atoms with E-state index in [4.69, 9.17) is 27.9 Å². The Morgan fingerprint density at radius 3 is 2.67 bits per heavy atom. The van der Waals surface area contributed by atoms with Crippen LogP contribution < -0.4 is 10.1 Å². The summed E-state index contributed by atoms with van der Waals surface area (Å²) in [5.41, 5.74) is 0.905. The van der Waals surface area contributed by atoms with Crippen molar-refractivity contribution in [3.63, 3.8) is 0 Å². The highest BCUT2D eigenvalue weighted by atomic mass is 35.5. The fourth-order valence-electron chi connectivity index (χ4n) is 3.41. The SMILES string of the molecule is CC(C)(Oc1ccc(C2CC2(Cl)Cl)cc1)C(=O)NCCCc1nnc2ccccn12. The lowest BCUT2D eigenvalue weighted by atomic mass is 10.1. The molecule has 0 bridgehead atoms. The minimum atomic E-state index is -0.995. The summed E-state index contributed by atoms with van der Waals surface area (Å²) in [5.74, 6) is 1.50. The maximum absolute atomic E-state index is 12.6. The van der Waals surface area contributed by atoms with Crippen molar-refractivity contribution in [3.8, 4) is 5.75 Å². The third-order valence-electron chi connectivity index (χ3n) is 5.28. The summed E-state index contributed by atoms with van der Waals surface area (Å²) < 4.78 is 7.23. The first kappa shape index (κ1) is 20.9. The van der Waals surface area contributed by atoms with Gasteiger partial charge in [0, 0.05) is 25.1 Å². The number of hydrogen-bond acceptors (Lipinski definition) is 4. The summed E-state index contributed by atoms with van der Waals surface area (Å²) in [6.45, 7) is 4.04. The van der Waals surface area contributed by atoms with Crippen LogP contribution in [-0.2, 0) is 11.2 Å². The number of amides is 1. The Balaban J connectivity index is 1.26. The first-order chi connectivity index (χ1) is 14.3. The number of hydrogen-bond donors (Lipinski definition) is 1. The molecular formula is C22H24Cl2N4O2. The predicted molar refractivity (Wildman–Crippen MR) is 117 cm³/mol. The Kier molecular flexibility index (Phi) is 5.64. The molecule has 2 aromatic heterocycles. The van der Waals surface area contributed by atoms with Crippen LogP contribution in [0.2, 0.25) is 0 Å². The molecule has 1 aliphatic carbocycles. The van der Waals surface area contributed by atoms with E-state index in [2.05, 4.69) is 15.5 Å². The van der Waals surface area contributed by atoms with E-state index in [9.17, 15) is 4.79 Å². The molecule has 1 aromatic carbocycles. The Morgan fingerprint density at radius 1 is 1.23 bits per heavy atom. The molecule has 30 heavy (non-hydrogen) atoms. The molecule has 158 valence electrons. The molecule has 1 unspecified atom stereocenters. The maximum atomic E-state index is 12.6. The lowest BCUT2D eigenvalue weighted by molar-refractivity contribution is -0.134. The number of aryl methyl sites for hydroxylation is 1. The molecule has 1 saturated carbocycles. The fourth-order valence-corrected chi connectivity index (χ4v) is 3.97. The number of carbonyl (C=O) groups is 1. The van der Waals surface area contributed by atoms with Gasteiger partial charge in [-0.15, -0.1) is 33.4 Å². The van der Waals surface area contributed by atoms with Crippen LogP contribution in [0, 0.1) is 0 Å². The molecule has 3 aromatic rings. The Hall–Kier alpha value is -2.31. The van der Waals surface area contributed by atoms with Gasteiger partial charge in [-0.1, -0.05) is 18.2 Å². The number of rotatable bonds is 8. The van der Waals surface area contributed by atoms with Crippen molar-refractivity contribution in [2.75, 3.05) is 6.54 Å². The largest absolute Gasteiger partial charge is 0.478 e. The van der Waals surface area contributed by atoms with Gasteiger partial charge in [-0.25, -0.2) is 0 Å². The zero-order valence-corrected chi connectivity index (χ0v) is 18.5. The summed E-state index contributed by atoms with van der Waals surface area (Å²) >= 11 is 12.2. The van der Waals surface area contributed by atoms with Gasteiger partial charge in [-0.2, -0.15) is 0 Å². The number of benzene rings is 1. The normalized spacial score (nSPS) is 17.7. The van der Waals surface area contributed by atoms with Crippen LogP contribution >= 0.6 is 23.2 Å². The average molecular weight is 447 g/mol. The quantitative estimate of drug-likeness (QED) is 0.413. The molecule has 0 radical (unpaired) electrons. The Bertz CT molecular complexity index is 1050. The van der Waals surface area contributed by atoms with Gasteiger partial charge in [0.2, 0.25) is 0 Å². The summed E-state index contributed by atoms with van der Waals surface area (Å²) in [4.78, 5) is 12.6. The van der Waals surface area contributed by atoms with Gasteiger partial charge < -0.3 is 10.1 Å². The zero-order chi connectivity index (χ0) is 21.4. The summed E-state index contributed by atoms with van der Waals surface area (Å²) in [6, 6.07) is 13.4. The minimum absolute atomic E-state index is 0.161. The molecule has 1 fully saturated rings. The molecule has 0 spiro atoms.